The van der Waals surface area contributed by atoms with Crippen LogP contribution in [0.25, 0.3) is 0 Å². The normalized spacial score (nSPS) is 22.9. The highest BCUT2D eigenvalue weighted by Gasteiger charge is 2.32. The van der Waals surface area contributed by atoms with Crippen LogP contribution in [0.3, 0.4) is 0 Å². The van der Waals surface area contributed by atoms with E-state index in [9.17, 15) is 4.79 Å². The van der Waals surface area contributed by atoms with E-state index in [1.165, 1.54) is 12.6 Å². The van der Waals surface area contributed by atoms with Crippen LogP contribution in [0, 0.1) is 18.8 Å². The summed E-state index contributed by atoms with van der Waals surface area (Å²) < 4.78 is 0. The quantitative estimate of drug-likeness (QED) is 0.816. The SMILES string of the molecule is Cc1cc(NCC2CC2C)c(C(=O)O)cn1. The molecule has 1 aromatic heterocycles. The molecule has 1 fully saturated rings. The van der Waals surface area contributed by atoms with Gasteiger partial charge in [-0.15, -0.1) is 0 Å². The number of aromatic nitrogens is 1. The smallest absolute Gasteiger partial charge is 0.339 e. The maximum Gasteiger partial charge on any atom is 0.339 e. The van der Waals surface area contributed by atoms with Crippen molar-refractivity contribution in [2.24, 2.45) is 11.8 Å². The Labute approximate surface area is 94.7 Å². The molecule has 0 spiro atoms. The highest BCUT2D eigenvalue weighted by atomic mass is 16.4. The van der Waals surface area contributed by atoms with Gasteiger partial charge in [0, 0.05) is 18.4 Å². The lowest BCUT2D eigenvalue weighted by atomic mass is 10.2. The summed E-state index contributed by atoms with van der Waals surface area (Å²) in [6, 6.07) is 1.79. The van der Waals surface area contributed by atoms with E-state index in [1.807, 2.05) is 6.92 Å². The van der Waals surface area contributed by atoms with Gasteiger partial charge in [0.15, 0.2) is 0 Å². The average molecular weight is 220 g/mol. The van der Waals surface area contributed by atoms with Crippen LogP contribution in [0.1, 0.15) is 29.4 Å². The number of aryl methyl sites for hydroxylation is 1. The summed E-state index contributed by atoms with van der Waals surface area (Å²) >= 11 is 0. The van der Waals surface area contributed by atoms with Crippen LogP contribution in [-0.4, -0.2) is 22.6 Å². The lowest BCUT2D eigenvalue weighted by Crippen LogP contribution is -2.10. The summed E-state index contributed by atoms with van der Waals surface area (Å²) in [5, 5.41) is 12.2. The number of carboxylic acids is 1. The maximum absolute atomic E-state index is 11.0. The number of nitrogens with one attached hydrogen (secondary N) is 1. The molecule has 0 saturated heterocycles. The van der Waals surface area contributed by atoms with Crippen molar-refractivity contribution < 1.29 is 9.90 Å². The Morgan fingerprint density at radius 3 is 2.94 bits per heavy atom. The molecule has 1 aliphatic carbocycles. The van der Waals surface area contributed by atoms with Gasteiger partial charge in [-0.1, -0.05) is 6.92 Å². The van der Waals surface area contributed by atoms with E-state index in [-0.39, 0.29) is 5.56 Å². The molecule has 4 heteroatoms. The number of carboxylic acid groups (broad SMARTS) is 1. The molecule has 0 bridgehead atoms. The molecular formula is C12H16N2O2. The number of pyridine rings is 1. The maximum atomic E-state index is 11.0. The average Bonchev–Trinajstić information content (AvgIpc) is 2.91. The molecule has 1 saturated carbocycles. The predicted molar refractivity (Wildman–Crippen MR) is 61.7 cm³/mol. The molecular weight excluding hydrogens is 204 g/mol. The van der Waals surface area contributed by atoms with E-state index >= 15 is 0 Å². The molecule has 16 heavy (non-hydrogen) atoms. The molecule has 1 aliphatic rings. The van der Waals surface area contributed by atoms with Crippen LogP contribution in [-0.2, 0) is 0 Å². The fourth-order valence-corrected chi connectivity index (χ4v) is 1.80. The molecule has 0 amide bonds. The third kappa shape index (κ3) is 2.32. The van der Waals surface area contributed by atoms with Gasteiger partial charge in [0.25, 0.3) is 0 Å². The molecule has 0 radical (unpaired) electrons. The van der Waals surface area contributed by atoms with Crippen molar-refractivity contribution >= 4 is 11.7 Å². The molecule has 0 aromatic carbocycles. The lowest BCUT2D eigenvalue weighted by Gasteiger charge is -2.09. The molecule has 2 atom stereocenters. The Morgan fingerprint density at radius 2 is 2.38 bits per heavy atom. The number of hydrogen-bond donors (Lipinski definition) is 2. The van der Waals surface area contributed by atoms with Gasteiger partial charge in [0.2, 0.25) is 0 Å². The Hall–Kier alpha value is -1.58. The topological polar surface area (TPSA) is 62.2 Å². The van der Waals surface area contributed by atoms with E-state index < -0.39 is 5.97 Å². The van der Waals surface area contributed by atoms with Crippen molar-refractivity contribution in [3.05, 3.63) is 23.5 Å². The van der Waals surface area contributed by atoms with Gasteiger partial charge in [-0.2, -0.15) is 0 Å². The lowest BCUT2D eigenvalue weighted by molar-refractivity contribution is 0.0697. The number of carbonyl (C=O) groups is 1. The third-order valence-electron chi connectivity index (χ3n) is 3.10. The largest absolute Gasteiger partial charge is 0.478 e. The first-order valence-corrected chi connectivity index (χ1v) is 5.51. The van der Waals surface area contributed by atoms with Crippen LogP contribution in [0.4, 0.5) is 5.69 Å². The summed E-state index contributed by atoms with van der Waals surface area (Å²) in [4.78, 5) is 15.0. The van der Waals surface area contributed by atoms with Gasteiger partial charge >= 0.3 is 5.97 Å². The first-order valence-electron chi connectivity index (χ1n) is 5.51. The number of anilines is 1. The minimum atomic E-state index is -0.932. The first kappa shape index (κ1) is 10.9. The zero-order valence-electron chi connectivity index (χ0n) is 9.53. The monoisotopic (exact) mass is 220 g/mol. The number of aromatic carboxylic acids is 1. The summed E-state index contributed by atoms with van der Waals surface area (Å²) in [6.07, 6.45) is 2.65. The van der Waals surface area contributed by atoms with E-state index in [0.717, 1.165) is 18.2 Å². The second kappa shape index (κ2) is 4.12. The molecule has 0 aliphatic heterocycles. The minimum Gasteiger partial charge on any atom is -0.478 e. The zero-order chi connectivity index (χ0) is 11.7. The second-order valence-corrected chi connectivity index (χ2v) is 4.53. The van der Waals surface area contributed by atoms with Crippen LogP contribution < -0.4 is 5.32 Å². The van der Waals surface area contributed by atoms with Gasteiger partial charge in [-0.25, -0.2) is 4.79 Å². The van der Waals surface area contributed by atoms with Gasteiger partial charge in [-0.3, -0.25) is 4.98 Å². The van der Waals surface area contributed by atoms with Crippen LogP contribution in [0.2, 0.25) is 0 Å². The molecule has 2 N–H and O–H groups in total. The molecule has 1 heterocycles. The van der Waals surface area contributed by atoms with Crippen LogP contribution in [0.15, 0.2) is 12.3 Å². The standard InChI is InChI=1S/C12H16N2O2/c1-7-3-9(7)5-14-11-4-8(2)13-6-10(11)12(15)16/h4,6-7,9H,3,5H2,1-2H3,(H,13,14)(H,15,16). The zero-order valence-corrected chi connectivity index (χ0v) is 9.53. The Bertz CT molecular complexity index is 417. The van der Waals surface area contributed by atoms with Crippen LogP contribution in [0.5, 0.6) is 0 Å². The van der Waals surface area contributed by atoms with Crippen molar-refractivity contribution in [1.82, 2.24) is 4.98 Å². The Balaban J connectivity index is 2.10. The summed E-state index contributed by atoms with van der Waals surface area (Å²) in [6.45, 7) is 4.92. The summed E-state index contributed by atoms with van der Waals surface area (Å²) in [5.41, 5.74) is 1.76. The molecule has 2 unspecified atom stereocenters. The van der Waals surface area contributed by atoms with E-state index in [0.29, 0.717) is 11.6 Å². The molecule has 4 nitrogen and oxygen atoms in total. The summed E-state index contributed by atoms with van der Waals surface area (Å²) in [5.74, 6) is 0.526. The van der Waals surface area contributed by atoms with Gasteiger partial charge in [0.05, 0.1) is 5.69 Å². The first-order chi connectivity index (χ1) is 7.58. The van der Waals surface area contributed by atoms with E-state index in [2.05, 4.69) is 17.2 Å². The fourth-order valence-electron chi connectivity index (χ4n) is 1.80. The fraction of sp³-hybridized carbons (Fsp3) is 0.500. The van der Waals surface area contributed by atoms with Crippen molar-refractivity contribution in [2.75, 3.05) is 11.9 Å². The number of nitrogens with zero attached hydrogens (tertiary/aromatic N) is 1. The highest BCUT2D eigenvalue weighted by molar-refractivity contribution is 5.93. The van der Waals surface area contributed by atoms with E-state index in [1.54, 1.807) is 6.07 Å². The highest BCUT2D eigenvalue weighted by Crippen LogP contribution is 2.37. The number of rotatable bonds is 4. The van der Waals surface area contributed by atoms with Gasteiger partial charge in [-0.05, 0) is 31.2 Å². The van der Waals surface area contributed by atoms with Crippen LogP contribution >= 0.6 is 0 Å². The van der Waals surface area contributed by atoms with Crippen molar-refractivity contribution in [3.63, 3.8) is 0 Å². The molecule has 1 aromatic rings. The second-order valence-electron chi connectivity index (χ2n) is 4.53. The minimum absolute atomic E-state index is 0.249. The predicted octanol–water partition coefficient (Wildman–Crippen LogP) is 2.16. The molecule has 2 rings (SSSR count). The molecule has 86 valence electrons. The van der Waals surface area contributed by atoms with Gasteiger partial charge in [0.1, 0.15) is 5.56 Å². The Kier molecular flexibility index (Phi) is 2.81. The van der Waals surface area contributed by atoms with Crippen molar-refractivity contribution in [2.45, 2.75) is 20.3 Å². The number of hydrogen-bond acceptors (Lipinski definition) is 3. The van der Waals surface area contributed by atoms with Crippen molar-refractivity contribution in [3.8, 4) is 0 Å². The van der Waals surface area contributed by atoms with E-state index in [4.69, 9.17) is 5.11 Å². The summed E-state index contributed by atoms with van der Waals surface area (Å²) in [7, 11) is 0. The third-order valence-corrected chi connectivity index (χ3v) is 3.10. The Morgan fingerprint density at radius 1 is 1.69 bits per heavy atom. The van der Waals surface area contributed by atoms with Gasteiger partial charge < -0.3 is 10.4 Å². The van der Waals surface area contributed by atoms with Crippen molar-refractivity contribution in [1.29, 1.82) is 0 Å².